The van der Waals surface area contributed by atoms with Gasteiger partial charge in [0, 0.05) is 44.9 Å². The number of rotatable bonds is 5. The summed E-state index contributed by atoms with van der Waals surface area (Å²) in [7, 11) is 3.42. The van der Waals surface area contributed by atoms with Crippen LogP contribution in [0.5, 0.6) is 5.75 Å². The number of nitrogens with one attached hydrogen (secondary N) is 1. The maximum Gasteiger partial charge on any atom is 0.341 e. The number of hydrogen-bond acceptors (Lipinski definition) is 4. The Labute approximate surface area is 146 Å². The number of carbonyl (C=O) groups excluding carboxylic acids is 2. The van der Waals surface area contributed by atoms with Crippen LogP contribution in [0, 0.1) is 5.92 Å². The van der Waals surface area contributed by atoms with E-state index in [0.717, 1.165) is 0 Å². The van der Waals surface area contributed by atoms with Crippen molar-refractivity contribution in [3.63, 3.8) is 0 Å². The number of urea groups is 1. The van der Waals surface area contributed by atoms with Crippen LogP contribution in [0.4, 0.5) is 10.5 Å². The van der Waals surface area contributed by atoms with E-state index in [9.17, 15) is 14.4 Å². The standard InChI is InChI=1S/C17H23N3O5/c1-19(2)17(24)20-8-6-12(7-9-20)16(23)18-13-4-3-5-14(10-13)25-11-15(21)22/h3-5,10,12H,6-9,11H2,1-2H3,(H,18,23)(H,21,22). The van der Waals surface area contributed by atoms with E-state index in [0.29, 0.717) is 37.4 Å². The Morgan fingerprint density at radius 3 is 2.56 bits per heavy atom. The molecule has 3 amide bonds. The van der Waals surface area contributed by atoms with E-state index in [-0.39, 0.29) is 17.9 Å². The number of hydrogen-bond donors (Lipinski definition) is 2. The van der Waals surface area contributed by atoms with Gasteiger partial charge in [0.15, 0.2) is 6.61 Å². The minimum atomic E-state index is -1.06. The van der Waals surface area contributed by atoms with E-state index in [1.54, 1.807) is 43.3 Å². The third-order valence-corrected chi connectivity index (χ3v) is 3.98. The monoisotopic (exact) mass is 349 g/mol. The van der Waals surface area contributed by atoms with E-state index >= 15 is 0 Å². The van der Waals surface area contributed by atoms with Crippen molar-refractivity contribution in [2.75, 3.05) is 39.1 Å². The summed E-state index contributed by atoms with van der Waals surface area (Å²) in [5, 5.41) is 11.5. The van der Waals surface area contributed by atoms with Crippen molar-refractivity contribution in [1.29, 1.82) is 0 Å². The topological polar surface area (TPSA) is 99.2 Å². The van der Waals surface area contributed by atoms with Gasteiger partial charge in [-0.25, -0.2) is 9.59 Å². The summed E-state index contributed by atoms with van der Waals surface area (Å²) >= 11 is 0. The minimum absolute atomic E-state index is 0.0397. The van der Waals surface area contributed by atoms with Crippen LogP contribution in [0.15, 0.2) is 24.3 Å². The first kappa shape index (κ1) is 18.6. The summed E-state index contributed by atoms with van der Waals surface area (Å²) in [6.07, 6.45) is 1.22. The molecule has 1 aromatic carbocycles. The Kier molecular flexibility index (Phi) is 6.21. The highest BCUT2D eigenvalue weighted by molar-refractivity contribution is 5.93. The van der Waals surface area contributed by atoms with Crippen LogP contribution >= 0.6 is 0 Å². The third kappa shape index (κ3) is 5.37. The zero-order valence-electron chi connectivity index (χ0n) is 14.4. The number of carboxylic acid groups (broad SMARTS) is 1. The van der Waals surface area contributed by atoms with Gasteiger partial charge in [0.2, 0.25) is 5.91 Å². The van der Waals surface area contributed by atoms with Gasteiger partial charge in [0.25, 0.3) is 0 Å². The molecule has 136 valence electrons. The van der Waals surface area contributed by atoms with Crippen molar-refractivity contribution in [1.82, 2.24) is 9.80 Å². The number of likely N-dealkylation sites (tertiary alicyclic amines) is 1. The highest BCUT2D eigenvalue weighted by Crippen LogP contribution is 2.22. The van der Waals surface area contributed by atoms with Gasteiger partial charge in [-0.15, -0.1) is 0 Å². The average Bonchev–Trinajstić information content (AvgIpc) is 2.59. The number of anilines is 1. The molecule has 1 saturated heterocycles. The number of ether oxygens (including phenoxy) is 1. The zero-order chi connectivity index (χ0) is 18.4. The van der Waals surface area contributed by atoms with Crippen LogP contribution in [0.1, 0.15) is 12.8 Å². The number of amides is 3. The highest BCUT2D eigenvalue weighted by atomic mass is 16.5. The van der Waals surface area contributed by atoms with Crippen LogP contribution in [-0.2, 0) is 9.59 Å². The molecule has 0 bridgehead atoms. The third-order valence-electron chi connectivity index (χ3n) is 3.98. The van der Waals surface area contributed by atoms with Gasteiger partial charge >= 0.3 is 12.0 Å². The van der Waals surface area contributed by atoms with Gasteiger partial charge in [-0.1, -0.05) is 6.07 Å². The van der Waals surface area contributed by atoms with Crippen molar-refractivity contribution in [3.05, 3.63) is 24.3 Å². The smallest absolute Gasteiger partial charge is 0.341 e. The van der Waals surface area contributed by atoms with Gasteiger partial charge in [-0.2, -0.15) is 0 Å². The van der Waals surface area contributed by atoms with E-state index < -0.39 is 12.6 Å². The molecule has 1 aliphatic heterocycles. The molecule has 8 heteroatoms. The second kappa shape index (κ2) is 8.36. The summed E-state index contributed by atoms with van der Waals surface area (Å²) in [6, 6.07) is 6.58. The fraction of sp³-hybridized carbons (Fsp3) is 0.471. The summed E-state index contributed by atoms with van der Waals surface area (Å²) in [5.41, 5.74) is 0.555. The molecule has 2 N–H and O–H groups in total. The van der Waals surface area contributed by atoms with Crippen molar-refractivity contribution >= 4 is 23.6 Å². The van der Waals surface area contributed by atoms with Crippen LogP contribution in [-0.4, -0.2) is 66.6 Å². The summed E-state index contributed by atoms with van der Waals surface area (Å²) in [5.74, 6) is -0.942. The predicted molar refractivity (Wildman–Crippen MR) is 91.6 cm³/mol. The molecule has 0 atom stereocenters. The molecule has 0 saturated carbocycles. The van der Waals surface area contributed by atoms with Crippen LogP contribution in [0.3, 0.4) is 0 Å². The normalized spacial score (nSPS) is 14.7. The van der Waals surface area contributed by atoms with Crippen LogP contribution < -0.4 is 10.1 Å². The van der Waals surface area contributed by atoms with Crippen LogP contribution in [0.2, 0.25) is 0 Å². The largest absolute Gasteiger partial charge is 0.482 e. The first-order chi connectivity index (χ1) is 11.9. The lowest BCUT2D eigenvalue weighted by Crippen LogP contribution is -2.45. The number of nitrogens with zero attached hydrogens (tertiary/aromatic N) is 2. The molecule has 1 aliphatic rings. The van der Waals surface area contributed by atoms with Gasteiger partial charge in [0.1, 0.15) is 5.75 Å². The molecule has 0 spiro atoms. The Balaban J connectivity index is 1.87. The number of piperidine rings is 1. The summed E-state index contributed by atoms with van der Waals surface area (Å²) in [4.78, 5) is 38.1. The van der Waals surface area contributed by atoms with Crippen LogP contribution in [0.25, 0.3) is 0 Å². The molecule has 25 heavy (non-hydrogen) atoms. The number of aliphatic carboxylic acids is 1. The predicted octanol–water partition coefficient (Wildman–Crippen LogP) is 1.48. The lowest BCUT2D eigenvalue weighted by molar-refractivity contribution is -0.139. The maximum absolute atomic E-state index is 12.4. The second-order valence-corrected chi connectivity index (χ2v) is 6.14. The van der Waals surface area contributed by atoms with Gasteiger partial charge in [-0.3, -0.25) is 4.79 Å². The van der Waals surface area contributed by atoms with Gasteiger partial charge in [0.05, 0.1) is 0 Å². The molecule has 2 rings (SSSR count). The van der Waals surface area contributed by atoms with E-state index in [1.807, 2.05) is 0 Å². The molecular weight excluding hydrogens is 326 g/mol. The molecule has 1 aromatic rings. The molecule has 0 aromatic heterocycles. The van der Waals surface area contributed by atoms with E-state index in [1.165, 1.54) is 4.90 Å². The minimum Gasteiger partial charge on any atom is -0.482 e. The van der Waals surface area contributed by atoms with Crippen molar-refractivity contribution in [2.45, 2.75) is 12.8 Å². The number of benzene rings is 1. The second-order valence-electron chi connectivity index (χ2n) is 6.14. The van der Waals surface area contributed by atoms with E-state index in [2.05, 4.69) is 5.32 Å². The Hall–Kier alpha value is -2.77. The Morgan fingerprint density at radius 1 is 1.28 bits per heavy atom. The zero-order valence-corrected chi connectivity index (χ0v) is 14.4. The Morgan fingerprint density at radius 2 is 1.96 bits per heavy atom. The van der Waals surface area contributed by atoms with Crippen molar-refractivity contribution < 1.29 is 24.2 Å². The molecule has 8 nitrogen and oxygen atoms in total. The Bertz CT molecular complexity index is 639. The fourth-order valence-electron chi connectivity index (χ4n) is 2.67. The van der Waals surface area contributed by atoms with E-state index in [4.69, 9.17) is 9.84 Å². The molecule has 0 unspecified atom stereocenters. The SMILES string of the molecule is CN(C)C(=O)N1CCC(C(=O)Nc2cccc(OCC(=O)O)c2)CC1. The lowest BCUT2D eigenvalue weighted by Gasteiger charge is -2.33. The maximum atomic E-state index is 12.4. The fourth-order valence-corrected chi connectivity index (χ4v) is 2.67. The number of carboxylic acids is 1. The van der Waals surface area contributed by atoms with Crippen molar-refractivity contribution in [2.24, 2.45) is 5.92 Å². The number of carbonyl (C=O) groups is 3. The first-order valence-electron chi connectivity index (χ1n) is 8.08. The van der Waals surface area contributed by atoms with Gasteiger partial charge < -0.3 is 25.0 Å². The summed E-state index contributed by atoms with van der Waals surface area (Å²) < 4.78 is 5.10. The highest BCUT2D eigenvalue weighted by Gasteiger charge is 2.28. The molecule has 1 fully saturated rings. The first-order valence-corrected chi connectivity index (χ1v) is 8.08. The summed E-state index contributed by atoms with van der Waals surface area (Å²) in [6.45, 7) is 0.670. The lowest BCUT2D eigenvalue weighted by atomic mass is 9.96. The average molecular weight is 349 g/mol. The molecule has 0 radical (unpaired) electrons. The van der Waals surface area contributed by atoms with Gasteiger partial charge in [-0.05, 0) is 25.0 Å². The van der Waals surface area contributed by atoms with Crippen molar-refractivity contribution in [3.8, 4) is 5.75 Å². The molecule has 1 heterocycles. The molecule has 0 aliphatic carbocycles. The molecular formula is C17H23N3O5. The quantitative estimate of drug-likeness (QED) is 0.839.